The van der Waals surface area contributed by atoms with Crippen LogP contribution in [0.15, 0.2) is 91.0 Å². The molecule has 0 radical (unpaired) electrons. The van der Waals surface area contributed by atoms with Crippen molar-refractivity contribution in [1.82, 2.24) is 0 Å². The van der Waals surface area contributed by atoms with E-state index in [9.17, 15) is 29.1 Å². The van der Waals surface area contributed by atoms with Crippen LogP contribution >= 0.6 is 0 Å². The predicted molar refractivity (Wildman–Crippen MR) is 165 cm³/mol. The molecule has 5 rings (SSSR count). The lowest BCUT2D eigenvalue weighted by Crippen LogP contribution is -2.58. The van der Waals surface area contributed by atoms with E-state index < -0.39 is 92.3 Å². The van der Waals surface area contributed by atoms with Crippen molar-refractivity contribution in [3.05, 3.63) is 108 Å². The van der Waals surface area contributed by atoms with Gasteiger partial charge in [0.15, 0.2) is 37.0 Å². The van der Waals surface area contributed by atoms with Crippen LogP contribution in [-0.4, -0.2) is 97.4 Å². The quantitative estimate of drug-likeness (QED) is 0.231. The molecule has 3 aromatic rings. The topological polar surface area (TPSA) is 179 Å². The fourth-order valence-corrected chi connectivity index (χ4v) is 5.25. The molecule has 2 heterocycles. The van der Waals surface area contributed by atoms with Crippen LogP contribution in [0.5, 0.6) is 0 Å². The highest BCUT2D eigenvalue weighted by atomic mass is 16.8. The highest BCUT2D eigenvalue weighted by Crippen LogP contribution is 2.33. The maximum Gasteiger partial charge on any atom is 0.338 e. The number of rotatable bonds is 11. The van der Waals surface area contributed by atoms with Crippen molar-refractivity contribution in [2.75, 3.05) is 13.2 Å². The highest BCUT2D eigenvalue weighted by molar-refractivity contribution is 5.91. The molecule has 49 heavy (non-hydrogen) atoms. The van der Waals surface area contributed by atoms with Crippen LogP contribution in [-0.2, 0) is 47.5 Å². The standard InChI is InChI=1S/C35H34O14/c1-20(36)44-27-25(19-43-34(41)29(27)45-21(2)37)46-35-30(49-33(40)24-16-10-5-11-17-24)28(48-32(39)23-14-8-4-9-15-23)26(47-35)18-42-31(38)22-12-6-3-7-13-22/h3-17,25-30,34-35,41H,18-19H2,1-2H3/t25-,26-,27+,28+,29+,30+,34-,35-/m0/s1. The Bertz CT molecular complexity index is 1600. The Labute approximate surface area is 280 Å². The van der Waals surface area contributed by atoms with Crippen LogP contribution in [0.25, 0.3) is 0 Å². The van der Waals surface area contributed by atoms with Gasteiger partial charge in [-0.25, -0.2) is 14.4 Å². The van der Waals surface area contributed by atoms with Crippen LogP contribution in [0.1, 0.15) is 44.9 Å². The van der Waals surface area contributed by atoms with E-state index >= 15 is 0 Å². The van der Waals surface area contributed by atoms with E-state index in [0.717, 1.165) is 13.8 Å². The number of aliphatic hydroxyl groups excluding tert-OH is 1. The van der Waals surface area contributed by atoms with Crippen molar-refractivity contribution in [3.63, 3.8) is 0 Å². The van der Waals surface area contributed by atoms with Gasteiger partial charge in [0, 0.05) is 13.8 Å². The van der Waals surface area contributed by atoms with E-state index in [1.807, 2.05) is 0 Å². The van der Waals surface area contributed by atoms with Crippen molar-refractivity contribution in [2.24, 2.45) is 0 Å². The Morgan fingerprint density at radius 1 is 0.633 bits per heavy atom. The average molecular weight is 679 g/mol. The lowest BCUT2D eigenvalue weighted by molar-refractivity contribution is -0.297. The van der Waals surface area contributed by atoms with Gasteiger partial charge in [0.25, 0.3) is 0 Å². The third kappa shape index (κ3) is 9.06. The zero-order chi connectivity index (χ0) is 34.9. The first kappa shape index (κ1) is 35.2. The summed E-state index contributed by atoms with van der Waals surface area (Å²) < 4.78 is 45.5. The number of carbonyl (C=O) groups excluding carboxylic acids is 5. The molecule has 14 heteroatoms. The first-order chi connectivity index (χ1) is 23.6. The van der Waals surface area contributed by atoms with Crippen molar-refractivity contribution >= 4 is 29.8 Å². The summed E-state index contributed by atoms with van der Waals surface area (Å²) in [5.74, 6) is -3.91. The van der Waals surface area contributed by atoms with Crippen LogP contribution in [0, 0.1) is 0 Å². The van der Waals surface area contributed by atoms with E-state index in [-0.39, 0.29) is 16.7 Å². The Morgan fingerprint density at radius 3 is 1.61 bits per heavy atom. The minimum absolute atomic E-state index is 0.158. The summed E-state index contributed by atoms with van der Waals surface area (Å²) >= 11 is 0. The molecule has 14 nitrogen and oxygen atoms in total. The molecule has 1 N–H and O–H groups in total. The van der Waals surface area contributed by atoms with Crippen LogP contribution in [0.3, 0.4) is 0 Å². The van der Waals surface area contributed by atoms with Crippen LogP contribution < -0.4 is 0 Å². The monoisotopic (exact) mass is 678 g/mol. The maximum absolute atomic E-state index is 13.4. The molecule has 2 aliphatic rings. The van der Waals surface area contributed by atoms with Gasteiger partial charge in [0.2, 0.25) is 0 Å². The van der Waals surface area contributed by atoms with Gasteiger partial charge in [-0.05, 0) is 36.4 Å². The van der Waals surface area contributed by atoms with Gasteiger partial charge in [-0.2, -0.15) is 0 Å². The molecule has 0 bridgehead atoms. The first-order valence-corrected chi connectivity index (χ1v) is 15.3. The molecule has 0 aliphatic carbocycles. The fraction of sp³-hybridized carbons (Fsp3) is 0.343. The summed E-state index contributed by atoms with van der Waals surface area (Å²) in [4.78, 5) is 63.5. The largest absolute Gasteiger partial charge is 0.459 e. The molecule has 0 amide bonds. The zero-order valence-electron chi connectivity index (χ0n) is 26.4. The third-order valence-electron chi connectivity index (χ3n) is 7.48. The number of benzene rings is 3. The van der Waals surface area contributed by atoms with E-state index in [1.54, 1.807) is 66.7 Å². The van der Waals surface area contributed by atoms with E-state index in [4.69, 9.17) is 37.9 Å². The van der Waals surface area contributed by atoms with Crippen molar-refractivity contribution in [1.29, 1.82) is 0 Å². The van der Waals surface area contributed by atoms with Crippen molar-refractivity contribution < 1.29 is 67.0 Å². The molecule has 8 atom stereocenters. The molecule has 3 aromatic carbocycles. The summed E-state index contributed by atoms with van der Waals surface area (Å²) in [6.45, 7) is 1.34. The SMILES string of the molecule is CC(=O)O[C@@H]1[C@H](OC(C)=O)[C@@H](O[C@H]2O[C@@H](COC(=O)c3ccccc3)[C@@H](OC(=O)c3ccccc3)[C@H]2OC(=O)c2ccccc2)CO[C@@H]1O. The fourth-order valence-electron chi connectivity index (χ4n) is 5.25. The number of aliphatic hydroxyl groups is 1. The molecule has 0 unspecified atom stereocenters. The molecule has 258 valence electrons. The zero-order valence-corrected chi connectivity index (χ0v) is 26.4. The van der Waals surface area contributed by atoms with Gasteiger partial charge < -0.3 is 43.0 Å². The Kier molecular flexibility index (Phi) is 11.7. The molecule has 2 fully saturated rings. The summed E-state index contributed by atoms with van der Waals surface area (Å²) in [7, 11) is 0. The van der Waals surface area contributed by atoms with E-state index in [1.165, 1.54) is 24.3 Å². The number of esters is 5. The van der Waals surface area contributed by atoms with E-state index in [0.29, 0.717) is 0 Å². The molecule has 0 spiro atoms. The number of hydrogen-bond acceptors (Lipinski definition) is 14. The van der Waals surface area contributed by atoms with E-state index in [2.05, 4.69) is 0 Å². The second kappa shape index (κ2) is 16.3. The summed E-state index contributed by atoms with van der Waals surface area (Å²) in [5, 5.41) is 10.4. The second-order valence-corrected chi connectivity index (χ2v) is 11.0. The van der Waals surface area contributed by atoms with Gasteiger partial charge in [-0.3, -0.25) is 9.59 Å². The number of hydrogen-bond donors (Lipinski definition) is 1. The lowest BCUT2D eigenvalue weighted by Gasteiger charge is -2.40. The molecular weight excluding hydrogens is 644 g/mol. The van der Waals surface area contributed by atoms with Crippen LogP contribution in [0.4, 0.5) is 0 Å². The molecule has 0 saturated carbocycles. The lowest BCUT2D eigenvalue weighted by atomic mass is 10.0. The Balaban J connectivity index is 1.47. The smallest absolute Gasteiger partial charge is 0.338 e. The van der Waals surface area contributed by atoms with Gasteiger partial charge in [0.1, 0.15) is 18.8 Å². The highest BCUT2D eigenvalue weighted by Gasteiger charge is 2.54. The van der Waals surface area contributed by atoms with Crippen molar-refractivity contribution in [2.45, 2.75) is 63.1 Å². The predicted octanol–water partition coefficient (Wildman–Crippen LogP) is 2.62. The molecule has 2 saturated heterocycles. The number of ether oxygens (including phenoxy) is 8. The Hall–Kier alpha value is -5.15. The second-order valence-electron chi connectivity index (χ2n) is 11.0. The van der Waals surface area contributed by atoms with Gasteiger partial charge in [-0.1, -0.05) is 54.6 Å². The minimum atomic E-state index is -1.67. The minimum Gasteiger partial charge on any atom is -0.459 e. The average Bonchev–Trinajstić information content (AvgIpc) is 3.41. The first-order valence-electron chi connectivity index (χ1n) is 15.3. The van der Waals surface area contributed by atoms with Gasteiger partial charge >= 0.3 is 29.8 Å². The summed E-state index contributed by atoms with van der Waals surface area (Å²) in [6, 6.07) is 24.1. The third-order valence-corrected chi connectivity index (χ3v) is 7.48. The number of carbonyl (C=O) groups is 5. The van der Waals surface area contributed by atoms with Crippen LogP contribution in [0.2, 0.25) is 0 Å². The normalized spacial score (nSPS) is 26.2. The molecule has 2 aliphatic heterocycles. The van der Waals surface area contributed by atoms with Crippen molar-refractivity contribution in [3.8, 4) is 0 Å². The molecule has 0 aromatic heterocycles. The summed E-state index contributed by atoms with van der Waals surface area (Å²) in [6.07, 6.45) is -11.5. The van der Waals surface area contributed by atoms with Gasteiger partial charge in [-0.15, -0.1) is 0 Å². The Morgan fingerprint density at radius 2 is 1.10 bits per heavy atom. The van der Waals surface area contributed by atoms with Gasteiger partial charge in [0.05, 0.1) is 23.3 Å². The molecular formula is C35H34O14. The summed E-state index contributed by atoms with van der Waals surface area (Å²) in [5.41, 5.74) is 0.579. The maximum atomic E-state index is 13.4.